The van der Waals surface area contributed by atoms with Crippen LogP contribution in [-0.4, -0.2) is 21.1 Å². The summed E-state index contributed by atoms with van der Waals surface area (Å²) in [6.45, 7) is 0. The molecule has 3 rings (SSSR count). The minimum atomic E-state index is -4.73. The maximum absolute atomic E-state index is 13.5. The highest BCUT2D eigenvalue weighted by molar-refractivity contribution is 6.01. The van der Waals surface area contributed by atoms with Crippen LogP contribution in [0.25, 0.3) is 0 Å². The summed E-state index contributed by atoms with van der Waals surface area (Å²) in [5.41, 5.74) is -1.69. The van der Waals surface area contributed by atoms with E-state index in [2.05, 4.69) is 0 Å². The monoisotopic (exact) mass is 436 g/mol. The van der Waals surface area contributed by atoms with Gasteiger partial charge in [-0.25, -0.2) is 4.39 Å². The van der Waals surface area contributed by atoms with E-state index >= 15 is 0 Å². The van der Waals surface area contributed by atoms with Crippen LogP contribution >= 0.6 is 0 Å². The standard InChI is InChI=1S/C22H16F4O5/c23-13-3-6-15(7-4-13)31-16-5-1-12(17(11-16)22(24,25)26)2-8-18(28)21-19(29)9-14(27)10-20(21)30/h1,3-7,9-11,27,29-30H,2,8H2. The number of Topliss-reactive ketones (excluding diaryl/α,β-unsaturated/α-hetero) is 1. The molecule has 0 radical (unpaired) electrons. The number of ether oxygens (including phenoxy) is 1. The van der Waals surface area contributed by atoms with Crippen molar-refractivity contribution < 1.29 is 42.4 Å². The van der Waals surface area contributed by atoms with Gasteiger partial charge in [0.1, 0.15) is 40.1 Å². The molecule has 3 aromatic rings. The Hall–Kier alpha value is -3.75. The second kappa shape index (κ2) is 8.55. The lowest BCUT2D eigenvalue weighted by Crippen LogP contribution is -2.11. The van der Waals surface area contributed by atoms with E-state index in [1.165, 1.54) is 18.2 Å². The van der Waals surface area contributed by atoms with E-state index in [9.17, 15) is 37.7 Å². The number of phenolic OH excluding ortho intramolecular Hbond substituents is 3. The first-order valence-electron chi connectivity index (χ1n) is 8.96. The number of phenols is 3. The van der Waals surface area contributed by atoms with E-state index in [1.54, 1.807) is 0 Å². The van der Waals surface area contributed by atoms with Crippen LogP contribution in [0.3, 0.4) is 0 Å². The molecule has 0 aliphatic carbocycles. The van der Waals surface area contributed by atoms with Gasteiger partial charge >= 0.3 is 6.18 Å². The fourth-order valence-electron chi connectivity index (χ4n) is 3.00. The average molecular weight is 436 g/mol. The lowest BCUT2D eigenvalue weighted by Gasteiger charge is -2.15. The third kappa shape index (κ3) is 5.25. The molecule has 0 saturated carbocycles. The van der Waals surface area contributed by atoms with Crippen molar-refractivity contribution in [2.75, 3.05) is 0 Å². The van der Waals surface area contributed by atoms with Gasteiger partial charge in [-0.15, -0.1) is 0 Å². The van der Waals surface area contributed by atoms with Crippen LogP contribution in [0.1, 0.15) is 27.9 Å². The minimum absolute atomic E-state index is 0.122. The van der Waals surface area contributed by atoms with Crippen molar-refractivity contribution in [3.8, 4) is 28.7 Å². The molecule has 0 bridgehead atoms. The number of benzene rings is 3. The first-order valence-corrected chi connectivity index (χ1v) is 8.96. The number of carbonyl (C=O) groups excluding carboxylic acids is 1. The van der Waals surface area contributed by atoms with Crippen molar-refractivity contribution in [2.45, 2.75) is 19.0 Å². The van der Waals surface area contributed by atoms with Crippen molar-refractivity contribution in [3.05, 3.63) is 77.1 Å². The molecule has 0 heterocycles. The molecule has 0 saturated heterocycles. The summed E-state index contributed by atoms with van der Waals surface area (Å²) in [5, 5.41) is 28.8. The van der Waals surface area contributed by atoms with Gasteiger partial charge in [0.25, 0.3) is 0 Å². The third-order valence-corrected chi connectivity index (χ3v) is 4.42. The van der Waals surface area contributed by atoms with Crippen LogP contribution in [0, 0.1) is 5.82 Å². The smallest absolute Gasteiger partial charge is 0.416 e. The van der Waals surface area contributed by atoms with Crippen LogP contribution in [0.2, 0.25) is 0 Å². The Morgan fingerprint density at radius 3 is 2.03 bits per heavy atom. The van der Waals surface area contributed by atoms with Gasteiger partial charge in [0, 0.05) is 18.6 Å². The zero-order chi connectivity index (χ0) is 22.8. The first kappa shape index (κ1) is 21.9. The van der Waals surface area contributed by atoms with Gasteiger partial charge in [-0.05, 0) is 48.4 Å². The summed E-state index contributed by atoms with van der Waals surface area (Å²) in [5.74, 6) is -3.12. The quantitative estimate of drug-likeness (QED) is 0.347. The lowest BCUT2D eigenvalue weighted by atomic mass is 9.97. The van der Waals surface area contributed by atoms with Gasteiger partial charge in [-0.1, -0.05) is 6.07 Å². The van der Waals surface area contributed by atoms with Gasteiger partial charge in [-0.3, -0.25) is 4.79 Å². The van der Waals surface area contributed by atoms with E-state index in [1.807, 2.05) is 0 Å². The maximum atomic E-state index is 13.5. The normalized spacial score (nSPS) is 11.4. The maximum Gasteiger partial charge on any atom is 0.416 e. The zero-order valence-electron chi connectivity index (χ0n) is 15.8. The average Bonchev–Trinajstić information content (AvgIpc) is 2.67. The molecule has 0 fully saturated rings. The summed E-state index contributed by atoms with van der Waals surface area (Å²) >= 11 is 0. The Morgan fingerprint density at radius 2 is 1.45 bits per heavy atom. The molecule has 9 heteroatoms. The fraction of sp³-hybridized carbons (Fsp3) is 0.136. The molecule has 3 N–H and O–H groups in total. The largest absolute Gasteiger partial charge is 0.508 e. The summed E-state index contributed by atoms with van der Waals surface area (Å²) in [4.78, 5) is 12.3. The highest BCUT2D eigenvalue weighted by Gasteiger charge is 2.34. The Kier molecular flexibility index (Phi) is 6.05. The number of halogens is 4. The Morgan fingerprint density at radius 1 is 0.871 bits per heavy atom. The number of hydrogen-bond acceptors (Lipinski definition) is 5. The molecule has 0 aliphatic rings. The van der Waals surface area contributed by atoms with Crippen LogP contribution < -0.4 is 4.74 Å². The molecule has 31 heavy (non-hydrogen) atoms. The number of alkyl halides is 3. The number of aromatic hydroxyl groups is 3. The number of hydrogen-bond donors (Lipinski definition) is 3. The molecule has 0 unspecified atom stereocenters. The second-order valence-electron chi connectivity index (χ2n) is 6.65. The van der Waals surface area contributed by atoms with Crippen LogP contribution in [0.5, 0.6) is 28.7 Å². The van der Waals surface area contributed by atoms with E-state index < -0.39 is 52.6 Å². The number of ketones is 1. The molecule has 0 atom stereocenters. The van der Waals surface area contributed by atoms with Crippen molar-refractivity contribution in [2.24, 2.45) is 0 Å². The van der Waals surface area contributed by atoms with E-state index in [4.69, 9.17) is 4.74 Å². The van der Waals surface area contributed by atoms with E-state index in [-0.39, 0.29) is 23.5 Å². The molecule has 3 aromatic carbocycles. The Labute approximate surface area is 173 Å². The summed E-state index contributed by atoms with van der Waals surface area (Å²) < 4.78 is 58.9. The molecule has 162 valence electrons. The molecule has 0 amide bonds. The second-order valence-corrected chi connectivity index (χ2v) is 6.65. The highest BCUT2D eigenvalue weighted by atomic mass is 19.4. The SMILES string of the molecule is O=C(CCc1ccc(Oc2ccc(F)cc2)cc1C(F)(F)F)c1c(O)cc(O)cc1O. The van der Waals surface area contributed by atoms with Crippen LogP contribution in [-0.2, 0) is 12.6 Å². The van der Waals surface area contributed by atoms with Crippen LogP contribution in [0.15, 0.2) is 54.6 Å². The van der Waals surface area contributed by atoms with Crippen molar-refractivity contribution >= 4 is 5.78 Å². The number of carbonyl (C=O) groups is 1. The summed E-state index contributed by atoms with van der Waals surface area (Å²) in [6.07, 6.45) is -5.50. The van der Waals surface area contributed by atoms with E-state index in [0.29, 0.717) is 0 Å². The van der Waals surface area contributed by atoms with Crippen molar-refractivity contribution in [3.63, 3.8) is 0 Å². The van der Waals surface area contributed by atoms with Gasteiger partial charge < -0.3 is 20.1 Å². The van der Waals surface area contributed by atoms with Crippen LogP contribution in [0.4, 0.5) is 17.6 Å². The highest BCUT2D eigenvalue weighted by Crippen LogP contribution is 2.37. The third-order valence-electron chi connectivity index (χ3n) is 4.42. The van der Waals surface area contributed by atoms with Gasteiger partial charge in [0.05, 0.1) is 5.56 Å². The Balaban J connectivity index is 1.82. The van der Waals surface area contributed by atoms with Crippen molar-refractivity contribution in [1.29, 1.82) is 0 Å². The summed E-state index contributed by atoms with van der Waals surface area (Å²) in [7, 11) is 0. The molecule has 0 aromatic heterocycles. The topological polar surface area (TPSA) is 87.0 Å². The lowest BCUT2D eigenvalue weighted by molar-refractivity contribution is -0.138. The first-order chi connectivity index (χ1) is 14.5. The Bertz CT molecular complexity index is 1080. The minimum Gasteiger partial charge on any atom is -0.508 e. The number of rotatable bonds is 6. The molecule has 0 aliphatic heterocycles. The molecule has 5 nitrogen and oxygen atoms in total. The van der Waals surface area contributed by atoms with Gasteiger partial charge in [-0.2, -0.15) is 13.2 Å². The van der Waals surface area contributed by atoms with E-state index in [0.717, 1.165) is 36.4 Å². The molecular weight excluding hydrogens is 420 g/mol. The summed E-state index contributed by atoms with van der Waals surface area (Å²) in [6, 6.07) is 9.66. The number of aryl methyl sites for hydroxylation is 1. The van der Waals surface area contributed by atoms with Crippen molar-refractivity contribution in [1.82, 2.24) is 0 Å². The van der Waals surface area contributed by atoms with Gasteiger partial charge in [0.2, 0.25) is 0 Å². The van der Waals surface area contributed by atoms with Gasteiger partial charge in [0.15, 0.2) is 5.78 Å². The zero-order valence-corrected chi connectivity index (χ0v) is 15.8. The fourth-order valence-corrected chi connectivity index (χ4v) is 3.00. The molecular formula is C22H16F4O5. The molecule has 0 spiro atoms. The predicted octanol–water partition coefficient (Wildman–Crippen LogP) is 5.57. The predicted molar refractivity (Wildman–Crippen MR) is 102 cm³/mol.